The molecule has 1 heterocycles. The normalized spacial score (nSPS) is 13.7. The van der Waals surface area contributed by atoms with Gasteiger partial charge >= 0.3 is 0 Å². The monoisotopic (exact) mass is 217 g/mol. The van der Waals surface area contributed by atoms with E-state index in [0.717, 1.165) is 0 Å². The molecular formula is C13H15NS. The quantitative estimate of drug-likeness (QED) is 0.829. The Morgan fingerprint density at radius 1 is 1.33 bits per heavy atom. The summed E-state index contributed by atoms with van der Waals surface area (Å²) in [5, 5.41) is 6.75. The van der Waals surface area contributed by atoms with Gasteiger partial charge in [-0.25, -0.2) is 0 Å². The van der Waals surface area contributed by atoms with Crippen LogP contribution in [-0.4, -0.2) is 13.1 Å². The minimum Gasteiger partial charge on any atom is -0.314 e. The van der Waals surface area contributed by atoms with Gasteiger partial charge in [0.25, 0.3) is 0 Å². The van der Waals surface area contributed by atoms with Crippen molar-refractivity contribution < 1.29 is 0 Å². The van der Waals surface area contributed by atoms with Gasteiger partial charge in [0.1, 0.15) is 0 Å². The van der Waals surface area contributed by atoms with Crippen molar-refractivity contribution in [1.82, 2.24) is 5.32 Å². The van der Waals surface area contributed by atoms with Crippen molar-refractivity contribution >= 4 is 27.5 Å². The van der Waals surface area contributed by atoms with Crippen molar-refractivity contribution in [2.24, 2.45) is 0 Å². The second-order valence-corrected chi connectivity index (χ2v) is 4.53. The summed E-state index contributed by atoms with van der Waals surface area (Å²) < 4.78 is 1.36. The Morgan fingerprint density at radius 2 is 2.13 bits per heavy atom. The van der Waals surface area contributed by atoms with Crippen LogP contribution in [0, 0.1) is 0 Å². The van der Waals surface area contributed by atoms with E-state index in [2.05, 4.69) is 54.0 Å². The largest absolute Gasteiger partial charge is 0.314 e. The molecule has 15 heavy (non-hydrogen) atoms. The van der Waals surface area contributed by atoms with Crippen LogP contribution in [0.25, 0.3) is 16.2 Å². The molecule has 78 valence electrons. The van der Waals surface area contributed by atoms with Crippen LogP contribution in [0.4, 0.5) is 0 Å². The zero-order valence-corrected chi connectivity index (χ0v) is 9.84. The summed E-state index contributed by atoms with van der Waals surface area (Å²) in [6.07, 6.45) is 4.38. The zero-order valence-electron chi connectivity index (χ0n) is 9.03. The molecule has 1 N–H and O–H groups in total. The van der Waals surface area contributed by atoms with Gasteiger partial charge < -0.3 is 5.32 Å². The lowest BCUT2D eigenvalue weighted by Gasteiger charge is -2.01. The van der Waals surface area contributed by atoms with Gasteiger partial charge in [0.15, 0.2) is 0 Å². The lowest BCUT2D eigenvalue weighted by molar-refractivity contribution is 0.731. The van der Waals surface area contributed by atoms with Crippen LogP contribution in [0.3, 0.4) is 0 Å². The molecule has 0 saturated heterocycles. The molecule has 2 aromatic rings. The Balaban J connectivity index is 2.32. The number of fused-ring (bicyclic) bond motifs is 1. The third-order valence-corrected chi connectivity index (χ3v) is 3.51. The highest BCUT2D eigenvalue weighted by atomic mass is 32.1. The summed E-state index contributed by atoms with van der Waals surface area (Å²) in [4.78, 5) is 0. The first-order valence-corrected chi connectivity index (χ1v) is 6.01. The summed E-state index contributed by atoms with van der Waals surface area (Å²) in [5.74, 6) is 0. The summed E-state index contributed by atoms with van der Waals surface area (Å²) >= 11 is 1.80. The van der Waals surface area contributed by atoms with Gasteiger partial charge in [-0.1, -0.05) is 30.4 Å². The third kappa shape index (κ3) is 2.28. The fourth-order valence-corrected chi connectivity index (χ4v) is 2.40. The number of likely N-dealkylation sites (N-methyl/N-ethyl adjacent to an activating group) is 1. The molecule has 0 bridgehead atoms. The summed E-state index contributed by atoms with van der Waals surface area (Å²) in [7, 11) is 1.97. The Labute approximate surface area is 94.4 Å². The molecule has 2 rings (SSSR count). The molecule has 1 aromatic heterocycles. The van der Waals surface area contributed by atoms with Crippen LogP contribution in [-0.2, 0) is 0 Å². The van der Waals surface area contributed by atoms with Crippen LogP contribution >= 0.6 is 11.3 Å². The van der Waals surface area contributed by atoms with E-state index in [1.165, 1.54) is 15.6 Å². The first-order chi connectivity index (χ1) is 7.31. The zero-order chi connectivity index (χ0) is 10.7. The molecule has 0 aliphatic heterocycles. The maximum absolute atomic E-state index is 3.19. The number of hydrogen-bond donors (Lipinski definition) is 1. The van der Waals surface area contributed by atoms with Gasteiger partial charge in [-0.3, -0.25) is 0 Å². The molecule has 1 nitrogen and oxygen atoms in total. The van der Waals surface area contributed by atoms with E-state index >= 15 is 0 Å². The minimum atomic E-state index is 0.420. The topological polar surface area (TPSA) is 12.0 Å². The highest BCUT2D eigenvalue weighted by Crippen LogP contribution is 2.26. The van der Waals surface area contributed by atoms with Crippen molar-refractivity contribution in [3.8, 4) is 0 Å². The predicted molar refractivity (Wildman–Crippen MR) is 69.4 cm³/mol. The van der Waals surface area contributed by atoms with Crippen molar-refractivity contribution in [2.75, 3.05) is 7.05 Å². The highest BCUT2D eigenvalue weighted by Gasteiger charge is 1.99. The number of thiophene rings is 1. The van der Waals surface area contributed by atoms with E-state index in [-0.39, 0.29) is 0 Å². The molecule has 1 atom stereocenters. The van der Waals surface area contributed by atoms with E-state index in [0.29, 0.717) is 6.04 Å². The van der Waals surface area contributed by atoms with Gasteiger partial charge in [-0.15, -0.1) is 11.3 Å². The van der Waals surface area contributed by atoms with E-state index < -0.39 is 0 Å². The van der Waals surface area contributed by atoms with E-state index in [1.807, 2.05) is 7.05 Å². The van der Waals surface area contributed by atoms with Crippen LogP contribution in [0.2, 0.25) is 0 Å². The SMILES string of the molecule is CNC(C)/C=C/c1csc2ccccc12. The minimum absolute atomic E-state index is 0.420. The third-order valence-electron chi connectivity index (χ3n) is 2.53. The number of benzene rings is 1. The van der Waals surface area contributed by atoms with Crippen molar-refractivity contribution in [3.63, 3.8) is 0 Å². The first kappa shape index (κ1) is 10.4. The van der Waals surface area contributed by atoms with Crippen LogP contribution in [0.1, 0.15) is 12.5 Å². The van der Waals surface area contributed by atoms with E-state index in [4.69, 9.17) is 0 Å². The molecule has 0 aliphatic rings. The van der Waals surface area contributed by atoms with Gasteiger partial charge in [0.05, 0.1) is 0 Å². The fraction of sp³-hybridized carbons (Fsp3) is 0.231. The van der Waals surface area contributed by atoms with Crippen LogP contribution < -0.4 is 5.32 Å². The Bertz CT molecular complexity index is 470. The van der Waals surface area contributed by atoms with Crippen LogP contribution in [0.5, 0.6) is 0 Å². The smallest absolute Gasteiger partial charge is 0.0348 e. The molecule has 0 amide bonds. The molecule has 2 heteroatoms. The molecule has 1 unspecified atom stereocenters. The Morgan fingerprint density at radius 3 is 2.93 bits per heavy atom. The van der Waals surface area contributed by atoms with Crippen molar-refractivity contribution in [3.05, 3.63) is 41.3 Å². The molecule has 0 aliphatic carbocycles. The van der Waals surface area contributed by atoms with Gasteiger partial charge in [0, 0.05) is 10.7 Å². The molecular weight excluding hydrogens is 202 g/mol. The second kappa shape index (κ2) is 4.60. The Hall–Kier alpha value is -1.12. The standard InChI is InChI=1S/C13H15NS/c1-10(14-2)7-8-11-9-15-13-6-4-3-5-12(11)13/h3-10,14H,1-2H3/b8-7+. The lowest BCUT2D eigenvalue weighted by atomic mass is 10.1. The number of hydrogen-bond acceptors (Lipinski definition) is 2. The predicted octanol–water partition coefficient (Wildman–Crippen LogP) is 3.52. The number of nitrogens with one attached hydrogen (secondary N) is 1. The Kier molecular flexibility index (Phi) is 3.19. The molecule has 0 spiro atoms. The maximum atomic E-state index is 3.19. The van der Waals surface area contributed by atoms with E-state index in [9.17, 15) is 0 Å². The highest BCUT2D eigenvalue weighted by molar-refractivity contribution is 7.17. The fourth-order valence-electron chi connectivity index (χ4n) is 1.47. The van der Waals surface area contributed by atoms with E-state index in [1.54, 1.807) is 11.3 Å². The van der Waals surface area contributed by atoms with Crippen LogP contribution in [0.15, 0.2) is 35.7 Å². The van der Waals surface area contributed by atoms with Crippen molar-refractivity contribution in [1.29, 1.82) is 0 Å². The summed E-state index contributed by atoms with van der Waals surface area (Å²) in [5.41, 5.74) is 1.32. The van der Waals surface area contributed by atoms with Gasteiger partial charge in [-0.05, 0) is 36.4 Å². The number of rotatable bonds is 3. The maximum Gasteiger partial charge on any atom is 0.0348 e. The molecule has 0 radical (unpaired) electrons. The average Bonchev–Trinajstić information content (AvgIpc) is 2.69. The van der Waals surface area contributed by atoms with Gasteiger partial charge in [0.2, 0.25) is 0 Å². The second-order valence-electron chi connectivity index (χ2n) is 3.62. The first-order valence-electron chi connectivity index (χ1n) is 5.13. The molecule has 1 aromatic carbocycles. The molecule has 0 saturated carbocycles. The summed E-state index contributed by atoms with van der Waals surface area (Å²) in [6.45, 7) is 2.14. The van der Waals surface area contributed by atoms with Gasteiger partial charge in [-0.2, -0.15) is 0 Å². The average molecular weight is 217 g/mol. The van der Waals surface area contributed by atoms with Crippen molar-refractivity contribution in [2.45, 2.75) is 13.0 Å². The molecule has 0 fully saturated rings. The lowest BCUT2D eigenvalue weighted by Crippen LogP contribution is -2.17. The summed E-state index contributed by atoms with van der Waals surface area (Å²) in [6, 6.07) is 8.94.